The van der Waals surface area contributed by atoms with Gasteiger partial charge in [-0.1, -0.05) is 72.8 Å². The number of amides is 4. The molecule has 4 aromatic carbocycles. The van der Waals surface area contributed by atoms with E-state index < -0.39 is 12.1 Å². The number of nitrogens with zero attached hydrogens (tertiary/aromatic N) is 4. The molecule has 0 atom stereocenters. The summed E-state index contributed by atoms with van der Waals surface area (Å²) < 4.78 is 0. The van der Waals surface area contributed by atoms with Crippen LogP contribution in [0.2, 0.25) is 0 Å². The molecule has 4 aromatic rings. The van der Waals surface area contributed by atoms with Gasteiger partial charge in [-0.25, -0.2) is 53.0 Å². The molecule has 0 radical (unpaired) electrons. The molecule has 0 aliphatic rings. The molecule has 0 saturated heterocycles. The van der Waals surface area contributed by atoms with Crippen molar-refractivity contribution < 1.29 is 9.59 Å². The predicted molar refractivity (Wildman–Crippen MR) is 143 cm³/mol. The Bertz CT molecular complexity index is 1030. The van der Waals surface area contributed by atoms with E-state index in [4.69, 9.17) is 23.4 Å². The van der Waals surface area contributed by atoms with Crippen LogP contribution in [0.3, 0.4) is 0 Å². The highest BCUT2D eigenvalue weighted by atomic mass is 16.2. The molecule has 0 unspecified atom stereocenters. The average Bonchev–Trinajstić information content (AvgIpc) is 2.97. The van der Waals surface area contributed by atoms with E-state index in [1.165, 1.54) is 0 Å². The molecule has 36 heavy (non-hydrogen) atoms. The lowest BCUT2D eigenvalue weighted by Gasteiger charge is -2.23. The Labute approximate surface area is 209 Å². The van der Waals surface area contributed by atoms with E-state index in [2.05, 4.69) is 0 Å². The van der Waals surface area contributed by atoms with Gasteiger partial charge >= 0.3 is 12.1 Å². The first kappa shape index (κ1) is 25.9. The monoisotopic (exact) mass is 484 g/mol. The summed E-state index contributed by atoms with van der Waals surface area (Å²) in [5.74, 6) is 23.0. The van der Waals surface area contributed by atoms with E-state index in [-0.39, 0.29) is 0 Å². The Morgan fingerprint density at radius 2 is 0.528 bits per heavy atom. The number of carbonyl (C=O) groups is 2. The minimum atomic E-state index is -0.507. The SMILES string of the molecule is NN(C(=O)N(N)c1ccccc1)c1ccccc1.NN(C(=O)N(N)c1ccccc1)c1ccccc1. The summed E-state index contributed by atoms with van der Waals surface area (Å²) in [5, 5.41) is 4.03. The summed E-state index contributed by atoms with van der Waals surface area (Å²) in [6.45, 7) is 0. The lowest BCUT2D eigenvalue weighted by Crippen LogP contribution is -2.50. The molecule has 0 fully saturated rings. The van der Waals surface area contributed by atoms with Crippen LogP contribution in [0.4, 0.5) is 32.3 Å². The molecule has 0 aliphatic heterocycles. The van der Waals surface area contributed by atoms with E-state index in [1.54, 1.807) is 97.1 Å². The van der Waals surface area contributed by atoms with Crippen LogP contribution in [0, 0.1) is 0 Å². The van der Waals surface area contributed by atoms with Crippen LogP contribution >= 0.6 is 0 Å². The number of benzene rings is 4. The number of para-hydroxylation sites is 4. The molecule has 8 N–H and O–H groups in total. The number of hydrogen-bond donors (Lipinski definition) is 4. The van der Waals surface area contributed by atoms with Crippen molar-refractivity contribution in [3.63, 3.8) is 0 Å². The second kappa shape index (κ2) is 12.6. The molecule has 0 heterocycles. The number of urea groups is 2. The third-order valence-electron chi connectivity index (χ3n) is 4.96. The van der Waals surface area contributed by atoms with Crippen LogP contribution in [0.5, 0.6) is 0 Å². The maximum Gasteiger partial charge on any atom is 0.357 e. The Hall–Kier alpha value is -4.74. The van der Waals surface area contributed by atoms with Crippen molar-refractivity contribution in [1.82, 2.24) is 0 Å². The van der Waals surface area contributed by atoms with E-state index >= 15 is 0 Å². The van der Waals surface area contributed by atoms with Crippen molar-refractivity contribution in [2.45, 2.75) is 0 Å². The second-order valence-corrected chi connectivity index (χ2v) is 7.39. The normalized spacial score (nSPS) is 9.89. The van der Waals surface area contributed by atoms with Crippen molar-refractivity contribution in [3.8, 4) is 0 Å². The van der Waals surface area contributed by atoms with Gasteiger partial charge in [0.1, 0.15) is 0 Å². The number of carbonyl (C=O) groups excluding carboxylic acids is 2. The van der Waals surface area contributed by atoms with Crippen LogP contribution in [0.1, 0.15) is 0 Å². The molecule has 184 valence electrons. The molecule has 0 aromatic heterocycles. The number of hydrogen-bond acceptors (Lipinski definition) is 6. The zero-order valence-electron chi connectivity index (χ0n) is 19.5. The van der Waals surface area contributed by atoms with E-state index in [0.29, 0.717) is 22.7 Å². The van der Waals surface area contributed by atoms with Crippen molar-refractivity contribution in [2.24, 2.45) is 23.4 Å². The third-order valence-corrected chi connectivity index (χ3v) is 4.96. The van der Waals surface area contributed by atoms with Gasteiger partial charge in [-0.3, -0.25) is 0 Å². The fourth-order valence-electron chi connectivity index (χ4n) is 3.03. The number of rotatable bonds is 4. The standard InChI is InChI=1S/2C13H14N4O/c2*14-16(11-7-3-1-4-8-11)13(18)17(15)12-9-5-2-6-10-12/h2*1-10H,14-15H2. The zero-order chi connectivity index (χ0) is 25.9. The number of anilines is 4. The topological polar surface area (TPSA) is 151 Å². The molecular formula is C26H28N8O2. The lowest BCUT2D eigenvalue weighted by atomic mass is 10.3. The summed E-state index contributed by atoms with van der Waals surface area (Å²) in [6.07, 6.45) is 0. The summed E-state index contributed by atoms with van der Waals surface area (Å²) in [4.78, 5) is 24.1. The van der Waals surface area contributed by atoms with Gasteiger partial charge in [0.25, 0.3) is 0 Å². The summed E-state index contributed by atoms with van der Waals surface area (Å²) >= 11 is 0. The fraction of sp³-hybridized carbons (Fsp3) is 0. The smallest absolute Gasteiger partial charge is 0.245 e. The molecule has 0 spiro atoms. The first-order valence-corrected chi connectivity index (χ1v) is 10.9. The molecule has 4 rings (SSSR count). The highest BCUT2D eigenvalue weighted by molar-refractivity contribution is 6.02. The number of nitrogens with two attached hydrogens (primary N) is 4. The Morgan fingerprint density at radius 3 is 0.694 bits per heavy atom. The van der Waals surface area contributed by atoms with Gasteiger partial charge in [-0.05, 0) is 48.5 Å². The predicted octanol–water partition coefficient (Wildman–Crippen LogP) is 3.73. The summed E-state index contributed by atoms with van der Waals surface area (Å²) in [6, 6.07) is 34.6. The minimum absolute atomic E-state index is 0.507. The molecule has 0 bridgehead atoms. The first-order valence-electron chi connectivity index (χ1n) is 10.9. The molecule has 10 nitrogen and oxygen atoms in total. The lowest BCUT2D eigenvalue weighted by molar-refractivity contribution is 0.251. The molecular weight excluding hydrogens is 456 g/mol. The van der Waals surface area contributed by atoms with E-state index in [1.807, 2.05) is 24.3 Å². The van der Waals surface area contributed by atoms with Gasteiger partial charge in [0.2, 0.25) is 0 Å². The van der Waals surface area contributed by atoms with Crippen molar-refractivity contribution in [2.75, 3.05) is 20.0 Å². The maximum absolute atomic E-state index is 12.0. The summed E-state index contributed by atoms with van der Waals surface area (Å²) in [7, 11) is 0. The molecule has 4 amide bonds. The van der Waals surface area contributed by atoms with Gasteiger partial charge in [0.15, 0.2) is 0 Å². The molecule has 0 aliphatic carbocycles. The minimum Gasteiger partial charge on any atom is -0.245 e. The first-order chi connectivity index (χ1) is 17.4. The van der Waals surface area contributed by atoms with Gasteiger partial charge < -0.3 is 0 Å². The van der Waals surface area contributed by atoms with Crippen molar-refractivity contribution >= 4 is 34.8 Å². The average molecular weight is 485 g/mol. The quantitative estimate of drug-likeness (QED) is 0.197. The maximum atomic E-state index is 12.0. The largest absolute Gasteiger partial charge is 0.357 e. The van der Waals surface area contributed by atoms with Gasteiger partial charge in [-0.15, -0.1) is 0 Å². The Morgan fingerprint density at radius 1 is 0.361 bits per heavy atom. The van der Waals surface area contributed by atoms with Crippen LogP contribution in [0.25, 0.3) is 0 Å². The zero-order valence-corrected chi connectivity index (χ0v) is 19.5. The molecule has 0 saturated carbocycles. The highest BCUT2D eigenvalue weighted by Crippen LogP contribution is 2.16. The number of hydrazine groups is 4. The molecule has 10 heteroatoms. The van der Waals surface area contributed by atoms with Crippen LogP contribution in [0.15, 0.2) is 121 Å². The second-order valence-electron chi connectivity index (χ2n) is 7.39. The van der Waals surface area contributed by atoms with Crippen LogP contribution < -0.4 is 43.4 Å². The Kier molecular flexibility index (Phi) is 9.09. The summed E-state index contributed by atoms with van der Waals surface area (Å²) in [5.41, 5.74) is 2.31. The van der Waals surface area contributed by atoms with Gasteiger partial charge in [0, 0.05) is 0 Å². The van der Waals surface area contributed by atoms with E-state index in [0.717, 1.165) is 20.0 Å². The third kappa shape index (κ3) is 6.65. The van der Waals surface area contributed by atoms with Gasteiger partial charge in [-0.2, -0.15) is 0 Å². The van der Waals surface area contributed by atoms with Gasteiger partial charge in [0.05, 0.1) is 22.7 Å². The van der Waals surface area contributed by atoms with Crippen LogP contribution in [-0.2, 0) is 0 Å². The fourth-order valence-corrected chi connectivity index (χ4v) is 3.03. The van der Waals surface area contributed by atoms with Crippen molar-refractivity contribution in [1.29, 1.82) is 0 Å². The Balaban J connectivity index is 0.000000201. The van der Waals surface area contributed by atoms with Crippen molar-refractivity contribution in [3.05, 3.63) is 121 Å². The van der Waals surface area contributed by atoms with E-state index in [9.17, 15) is 9.59 Å². The highest BCUT2D eigenvalue weighted by Gasteiger charge is 2.19. The van der Waals surface area contributed by atoms with Crippen LogP contribution in [-0.4, -0.2) is 12.1 Å².